The molecule has 134 valence electrons. The molecule has 8 heteroatoms. The normalized spacial score (nSPS) is 11.7. The molecule has 0 aliphatic heterocycles. The van der Waals surface area contributed by atoms with Crippen LogP contribution in [0.15, 0.2) is 22.7 Å². The number of halogens is 1. The van der Waals surface area contributed by atoms with Gasteiger partial charge in [0.1, 0.15) is 11.2 Å². The minimum atomic E-state index is -0.859. The summed E-state index contributed by atoms with van der Waals surface area (Å²) in [7, 11) is 0. The minimum Gasteiger partial charge on any atom is -0.443 e. The third-order valence-electron chi connectivity index (χ3n) is 2.47. The number of hydrogen-bond donors (Lipinski definition) is 2. The van der Waals surface area contributed by atoms with Gasteiger partial charge >= 0.3 is 12.2 Å². The van der Waals surface area contributed by atoms with Crippen LogP contribution in [0.3, 0.4) is 0 Å². The van der Waals surface area contributed by atoms with Crippen LogP contribution in [0.2, 0.25) is 0 Å². The Bertz CT molecular complexity index is 592. The van der Waals surface area contributed by atoms with E-state index in [1.807, 2.05) is 5.48 Å². The van der Waals surface area contributed by atoms with Crippen LogP contribution in [0.1, 0.15) is 41.5 Å². The van der Waals surface area contributed by atoms with Crippen molar-refractivity contribution in [3.8, 4) is 0 Å². The summed E-state index contributed by atoms with van der Waals surface area (Å²) < 4.78 is 11.0. The van der Waals surface area contributed by atoms with E-state index in [4.69, 9.17) is 14.7 Å². The Labute approximate surface area is 150 Å². The number of anilines is 2. The molecule has 0 atom stereocenters. The summed E-state index contributed by atoms with van der Waals surface area (Å²) in [6.07, 6.45) is -1.72. The number of carbonyl (C=O) groups excluding carboxylic acids is 2. The van der Waals surface area contributed by atoms with Gasteiger partial charge < -0.3 is 9.47 Å². The summed E-state index contributed by atoms with van der Waals surface area (Å²) in [5.41, 5.74) is 1.05. The highest BCUT2D eigenvalue weighted by molar-refractivity contribution is 9.10. The van der Waals surface area contributed by atoms with E-state index in [2.05, 4.69) is 15.9 Å². The SMILES string of the molecule is CC(C)(C)OC(=O)N(C(=O)OC(C)(C)C)c1ccc(NO)cc1Br. The minimum absolute atomic E-state index is 0.234. The lowest BCUT2D eigenvalue weighted by Gasteiger charge is -2.29. The number of benzene rings is 1. The number of hydrogen-bond acceptors (Lipinski definition) is 6. The molecule has 0 aliphatic carbocycles. The van der Waals surface area contributed by atoms with Crippen LogP contribution in [-0.2, 0) is 9.47 Å². The second kappa shape index (κ2) is 7.40. The van der Waals surface area contributed by atoms with E-state index in [1.54, 1.807) is 41.5 Å². The summed E-state index contributed by atoms with van der Waals surface area (Å²) in [6, 6.07) is 4.50. The van der Waals surface area contributed by atoms with E-state index in [0.29, 0.717) is 10.2 Å². The summed E-state index contributed by atoms with van der Waals surface area (Å²) in [6.45, 7) is 10.2. The number of carbonyl (C=O) groups is 2. The van der Waals surface area contributed by atoms with Gasteiger partial charge in [0.15, 0.2) is 0 Å². The molecule has 1 rings (SSSR count). The van der Waals surface area contributed by atoms with Crippen LogP contribution in [-0.4, -0.2) is 28.6 Å². The van der Waals surface area contributed by atoms with E-state index in [0.717, 1.165) is 4.90 Å². The van der Waals surface area contributed by atoms with Crippen molar-refractivity contribution in [1.29, 1.82) is 0 Å². The van der Waals surface area contributed by atoms with Crippen molar-refractivity contribution in [1.82, 2.24) is 0 Å². The van der Waals surface area contributed by atoms with Gasteiger partial charge in [-0.2, -0.15) is 4.90 Å². The maximum atomic E-state index is 12.5. The van der Waals surface area contributed by atoms with Crippen LogP contribution >= 0.6 is 15.9 Å². The zero-order valence-corrected chi connectivity index (χ0v) is 16.2. The standard InChI is InChI=1S/C16H23BrN2O5/c1-15(2,3)23-13(20)19(14(21)24-16(4,5)6)12-8-7-10(18-22)9-11(12)17/h7-9,18,22H,1-6H3. The Morgan fingerprint density at radius 1 is 1.04 bits per heavy atom. The highest BCUT2D eigenvalue weighted by Crippen LogP contribution is 2.31. The van der Waals surface area contributed by atoms with Crippen molar-refractivity contribution in [2.45, 2.75) is 52.7 Å². The monoisotopic (exact) mass is 402 g/mol. The first kappa shape index (κ1) is 20.2. The van der Waals surface area contributed by atoms with Crippen LogP contribution in [0.25, 0.3) is 0 Å². The fourth-order valence-corrected chi connectivity index (χ4v) is 2.20. The van der Waals surface area contributed by atoms with Crippen molar-refractivity contribution in [2.24, 2.45) is 0 Å². The molecule has 0 heterocycles. The van der Waals surface area contributed by atoms with Gasteiger partial charge in [-0.05, 0) is 75.7 Å². The fraction of sp³-hybridized carbons (Fsp3) is 0.500. The Morgan fingerprint density at radius 2 is 1.50 bits per heavy atom. The maximum Gasteiger partial charge on any atom is 0.424 e. The topological polar surface area (TPSA) is 88.1 Å². The number of amides is 2. The van der Waals surface area contributed by atoms with Crippen molar-refractivity contribution < 1.29 is 24.3 Å². The second-order valence-corrected chi connectivity index (χ2v) is 7.93. The Balaban J connectivity index is 3.27. The van der Waals surface area contributed by atoms with Gasteiger partial charge in [0.2, 0.25) is 0 Å². The molecule has 0 bridgehead atoms. The molecule has 7 nitrogen and oxygen atoms in total. The molecule has 0 saturated heterocycles. The van der Waals surface area contributed by atoms with Crippen molar-refractivity contribution in [2.75, 3.05) is 10.4 Å². The summed E-state index contributed by atoms with van der Waals surface area (Å²) in [5.74, 6) is 0. The van der Waals surface area contributed by atoms with Gasteiger partial charge in [0, 0.05) is 4.47 Å². The lowest BCUT2D eigenvalue weighted by molar-refractivity contribution is 0.0430. The molecule has 1 aromatic carbocycles. The predicted molar refractivity (Wildman–Crippen MR) is 94.5 cm³/mol. The van der Waals surface area contributed by atoms with E-state index in [9.17, 15) is 9.59 Å². The first-order valence-electron chi connectivity index (χ1n) is 7.30. The van der Waals surface area contributed by atoms with E-state index in [1.165, 1.54) is 18.2 Å². The van der Waals surface area contributed by atoms with Crippen molar-refractivity contribution in [3.63, 3.8) is 0 Å². The van der Waals surface area contributed by atoms with E-state index < -0.39 is 23.4 Å². The van der Waals surface area contributed by atoms with Crippen LogP contribution in [0.5, 0.6) is 0 Å². The van der Waals surface area contributed by atoms with Gasteiger partial charge in [-0.3, -0.25) is 10.7 Å². The lowest BCUT2D eigenvalue weighted by atomic mass is 10.2. The van der Waals surface area contributed by atoms with Gasteiger partial charge in [-0.1, -0.05) is 0 Å². The molecule has 24 heavy (non-hydrogen) atoms. The van der Waals surface area contributed by atoms with Crippen LogP contribution in [0.4, 0.5) is 21.0 Å². The first-order chi connectivity index (χ1) is 10.8. The molecule has 0 unspecified atom stereocenters. The number of ether oxygens (including phenoxy) is 2. The zero-order chi connectivity index (χ0) is 18.7. The number of rotatable bonds is 2. The number of nitrogens with one attached hydrogen (secondary N) is 1. The van der Waals surface area contributed by atoms with Crippen molar-refractivity contribution >= 4 is 39.5 Å². The van der Waals surface area contributed by atoms with Crippen molar-refractivity contribution in [3.05, 3.63) is 22.7 Å². The largest absolute Gasteiger partial charge is 0.443 e. The Morgan fingerprint density at radius 3 is 1.83 bits per heavy atom. The van der Waals surface area contributed by atoms with Gasteiger partial charge in [0.25, 0.3) is 0 Å². The number of nitrogens with zero attached hydrogens (tertiary/aromatic N) is 1. The van der Waals surface area contributed by atoms with Gasteiger partial charge in [-0.25, -0.2) is 9.59 Å². The third kappa shape index (κ3) is 6.01. The molecular formula is C16H23BrN2O5. The summed E-state index contributed by atoms with van der Waals surface area (Å²) >= 11 is 3.28. The molecule has 0 aromatic heterocycles. The molecule has 0 fully saturated rings. The van der Waals surface area contributed by atoms with Gasteiger partial charge in [0.05, 0.1) is 11.4 Å². The molecular weight excluding hydrogens is 380 g/mol. The lowest BCUT2D eigenvalue weighted by Crippen LogP contribution is -2.44. The third-order valence-corrected chi connectivity index (χ3v) is 3.10. The molecule has 2 amide bonds. The molecule has 0 saturated carbocycles. The first-order valence-corrected chi connectivity index (χ1v) is 8.09. The van der Waals surface area contributed by atoms with E-state index in [-0.39, 0.29) is 5.69 Å². The molecule has 1 aromatic rings. The Hall–Kier alpha value is -1.80. The summed E-state index contributed by atoms with van der Waals surface area (Å²) in [5, 5.41) is 8.95. The molecule has 0 spiro atoms. The van der Waals surface area contributed by atoms with E-state index >= 15 is 0 Å². The smallest absolute Gasteiger partial charge is 0.424 e. The highest BCUT2D eigenvalue weighted by atomic mass is 79.9. The average molecular weight is 403 g/mol. The maximum absolute atomic E-state index is 12.5. The predicted octanol–water partition coefficient (Wildman–Crippen LogP) is 4.93. The van der Waals surface area contributed by atoms with Crippen LogP contribution < -0.4 is 10.4 Å². The quantitative estimate of drug-likeness (QED) is 0.681. The molecule has 2 N–H and O–H groups in total. The highest BCUT2D eigenvalue weighted by Gasteiger charge is 2.33. The second-order valence-electron chi connectivity index (χ2n) is 7.07. The Kier molecular flexibility index (Phi) is 6.24. The fourth-order valence-electron chi connectivity index (χ4n) is 1.64. The summed E-state index contributed by atoms with van der Waals surface area (Å²) in [4.78, 5) is 25.8. The van der Waals surface area contributed by atoms with Gasteiger partial charge in [-0.15, -0.1) is 0 Å². The zero-order valence-electron chi connectivity index (χ0n) is 14.6. The molecule has 0 aliphatic rings. The molecule has 0 radical (unpaired) electrons. The average Bonchev–Trinajstić information content (AvgIpc) is 2.36. The van der Waals surface area contributed by atoms with Crippen LogP contribution in [0, 0.1) is 0 Å². The number of imide groups is 1.